The fourth-order valence-electron chi connectivity index (χ4n) is 3.63. The van der Waals surface area contributed by atoms with E-state index < -0.39 is 0 Å². The van der Waals surface area contributed by atoms with Gasteiger partial charge in [-0.05, 0) is 37.9 Å². The Kier molecular flexibility index (Phi) is 3.46. The fraction of sp³-hybridized carbons (Fsp3) is 0.600. The number of aliphatic hydroxyl groups is 1. The normalized spacial score (nSPS) is 29.8. The molecular weight excluding hydrogens is 243 g/mol. The van der Waals surface area contributed by atoms with Crippen LogP contribution in [0.2, 0.25) is 0 Å². The van der Waals surface area contributed by atoms with Crippen molar-refractivity contribution in [2.45, 2.75) is 25.5 Å². The van der Waals surface area contributed by atoms with Gasteiger partial charge in [0.15, 0.2) is 0 Å². The Hall–Kier alpha value is -1.13. The van der Waals surface area contributed by atoms with E-state index in [2.05, 4.69) is 10.2 Å². The van der Waals surface area contributed by atoms with E-state index in [0.717, 1.165) is 37.2 Å². The summed E-state index contributed by atoms with van der Waals surface area (Å²) in [5.41, 5.74) is 1.72. The molecule has 3 unspecified atom stereocenters. The maximum Gasteiger partial charge on any atom is 0.129 e. The quantitative estimate of drug-likeness (QED) is 0.873. The number of hydrogen-bond acceptors (Lipinski definition) is 3. The molecule has 1 aliphatic carbocycles. The molecular formula is C15H21FN2O. The number of rotatable bonds is 3. The lowest BCUT2D eigenvalue weighted by molar-refractivity contribution is 0.133. The smallest absolute Gasteiger partial charge is 0.129 e. The van der Waals surface area contributed by atoms with Gasteiger partial charge in [0.2, 0.25) is 0 Å². The third-order valence-corrected chi connectivity index (χ3v) is 4.61. The van der Waals surface area contributed by atoms with Gasteiger partial charge in [0, 0.05) is 36.8 Å². The summed E-state index contributed by atoms with van der Waals surface area (Å²) in [6.45, 7) is 2.34. The highest BCUT2D eigenvalue weighted by Crippen LogP contribution is 2.40. The molecule has 1 aromatic rings. The molecule has 1 heterocycles. The molecule has 0 bridgehead atoms. The van der Waals surface area contributed by atoms with Crippen molar-refractivity contribution in [3.8, 4) is 0 Å². The molecule has 104 valence electrons. The average Bonchev–Trinajstić information content (AvgIpc) is 2.95. The Morgan fingerprint density at radius 3 is 2.95 bits per heavy atom. The Labute approximate surface area is 113 Å². The van der Waals surface area contributed by atoms with Crippen LogP contribution in [-0.2, 0) is 6.54 Å². The van der Waals surface area contributed by atoms with E-state index in [-0.39, 0.29) is 11.9 Å². The highest BCUT2D eigenvalue weighted by Gasteiger charge is 2.42. The van der Waals surface area contributed by atoms with Gasteiger partial charge < -0.3 is 15.3 Å². The molecule has 0 radical (unpaired) electrons. The third kappa shape index (κ3) is 2.23. The molecule has 0 aromatic heterocycles. The van der Waals surface area contributed by atoms with Crippen molar-refractivity contribution in [3.63, 3.8) is 0 Å². The summed E-state index contributed by atoms with van der Waals surface area (Å²) in [7, 11) is 1.83. The first-order valence-corrected chi connectivity index (χ1v) is 7.05. The van der Waals surface area contributed by atoms with Crippen molar-refractivity contribution in [2.24, 2.45) is 11.8 Å². The Morgan fingerprint density at radius 2 is 2.21 bits per heavy atom. The van der Waals surface area contributed by atoms with Gasteiger partial charge in [-0.1, -0.05) is 6.07 Å². The van der Waals surface area contributed by atoms with Crippen LogP contribution < -0.4 is 10.2 Å². The number of benzene rings is 1. The lowest BCUT2D eigenvalue weighted by Crippen LogP contribution is -2.26. The van der Waals surface area contributed by atoms with Crippen molar-refractivity contribution in [3.05, 3.63) is 29.6 Å². The maximum atomic E-state index is 13.9. The number of halogens is 1. The first-order valence-electron chi connectivity index (χ1n) is 7.05. The van der Waals surface area contributed by atoms with Gasteiger partial charge in [0.1, 0.15) is 5.82 Å². The number of hydrogen-bond donors (Lipinski definition) is 2. The topological polar surface area (TPSA) is 35.5 Å². The van der Waals surface area contributed by atoms with Crippen LogP contribution in [0.5, 0.6) is 0 Å². The van der Waals surface area contributed by atoms with E-state index in [1.54, 1.807) is 6.07 Å². The van der Waals surface area contributed by atoms with Crippen LogP contribution in [0.15, 0.2) is 18.2 Å². The Morgan fingerprint density at radius 1 is 1.37 bits per heavy atom. The predicted molar refractivity (Wildman–Crippen MR) is 73.6 cm³/mol. The molecule has 3 atom stereocenters. The monoisotopic (exact) mass is 264 g/mol. The van der Waals surface area contributed by atoms with E-state index in [0.29, 0.717) is 18.4 Å². The zero-order chi connectivity index (χ0) is 13.4. The molecule has 1 saturated carbocycles. The zero-order valence-corrected chi connectivity index (χ0v) is 11.3. The minimum Gasteiger partial charge on any atom is -0.393 e. The van der Waals surface area contributed by atoms with Gasteiger partial charge in [-0.3, -0.25) is 0 Å². The van der Waals surface area contributed by atoms with Crippen LogP contribution in [0.25, 0.3) is 0 Å². The number of nitrogens with one attached hydrogen (secondary N) is 1. The Bertz CT molecular complexity index is 465. The second-order valence-electron chi connectivity index (χ2n) is 5.74. The largest absolute Gasteiger partial charge is 0.393 e. The van der Waals surface area contributed by atoms with E-state index in [1.807, 2.05) is 13.1 Å². The highest BCUT2D eigenvalue weighted by molar-refractivity contribution is 5.55. The fourth-order valence-corrected chi connectivity index (χ4v) is 3.63. The first kappa shape index (κ1) is 12.9. The lowest BCUT2D eigenvalue weighted by Gasteiger charge is -2.24. The van der Waals surface area contributed by atoms with E-state index in [4.69, 9.17) is 0 Å². The van der Waals surface area contributed by atoms with Crippen molar-refractivity contribution in [1.82, 2.24) is 5.32 Å². The van der Waals surface area contributed by atoms with Crippen molar-refractivity contribution in [2.75, 3.05) is 25.0 Å². The highest BCUT2D eigenvalue weighted by atomic mass is 19.1. The minimum absolute atomic E-state index is 0.149. The summed E-state index contributed by atoms with van der Waals surface area (Å²) in [6, 6.07) is 5.28. The molecule has 0 amide bonds. The molecule has 1 aliphatic heterocycles. The lowest BCUT2D eigenvalue weighted by atomic mass is 10.00. The molecule has 3 rings (SSSR count). The summed E-state index contributed by atoms with van der Waals surface area (Å²) < 4.78 is 13.9. The molecule has 3 nitrogen and oxygen atoms in total. The molecule has 0 spiro atoms. The van der Waals surface area contributed by atoms with Gasteiger partial charge in [-0.25, -0.2) is 4.39 Å². The first-order chi connectivity index (χ1) is 9.20. The summed E-state index contributed by atoms with van der Waals surface area (Å²) >= 11 is 0. The second kappa shape index (κ2) is 5.10. The van der Waals surface area contributed by atoms with Crippen molar-refractivity contribution in [1.29, 1.82) is 0 Å². The third-order valence-electron chi connectivity index (χ3n) is 4.61. The van der Waals surface area contributed by atoms with E-state index >= 15 is 0 Å². The predicted octanol–water partition coefficient (Wildman–Crippen LogP) is 1.75. The summed E-state index contributed by atoms with van der Waals surface area (Å²) in [4.78, 5) is 2.24. The van der Waals surface area contributed by atoms with Gasteiger partial charge in [-0.2, -0.15) is 0 Å². The number of anilines is 1. The molecule has 19 heavy (non-hydrogen) atoms. The molecule has 2 aliphatic rings. The number of nitrogens with zero attached hydrogens (tertiary/aromatic N) is 1. The zero-order valence-electron chi connectivity index (χ0n) is 11.3. The number of aliphatic hydroxyl groups excluding tert-OH is 1. The molecule has 1 saturated heterocycles. The molecule has 1 aromatic carbocycles. The molecule has 2 fully saturated rings. The minimum atomic E-state index is -0.170. The molecule has 4 heteroatoms. The van der Waals surface area contributed by atoms with Crippen LogP contribution in [0, 0.1) is 17.7 Å². The van der Waals surface area contributed by atoms with Crippen molar-refractivity contribution < 1.29 is 9.50 Å². The van der Waals surface area contributed by atoms with Crippen molar-refractivity contribution >= 4 is 5.69 Å². The van der Waals surface area contributed by atoms with Gasteiger partial charge >= 0.3 is 0 Å². The average molecular weight is 264 g/mol. The van der Waals surface area contributed by atoms with Crippen LogP contribution in [0.1, 0.15) is 18.4 Å². The van der Waals surface area contributed by atoms with Gasteiger partial charge in [0.05, 0.1) is 6.10 Å². The summed E-state index contributed by atoms with van der Waals surface area (Å²) in [6.07, 6.45) is 1.85. The second-order valence-corrected chi connectivity index (χ2v) is 5.74. The number of fused-ring (bicyclic) bond motifs is 1. The summed E-state index contributed by atoms with van der Waals surface area (Å²) in [5.74, 6) is 0.788. The van der Waals surface area contributed by atoms with E-state index in [1.165, 1.54) is 6.07 Å². The standard InChI is InChI=1S/C15H21FN2O/c1-17-7-11-13(16)3-2-4-14(11)18-8-10-5-6-15(19)12(10)9-18/h2-4,10,12,15,17,19H,5-9H2,1H3. The molecule has 2 N–H and O–H groups in total. The van der Waals surface area contributed by atoms with Gasteiger partial charge in [0.25, 0.3) is 0 Å². The maximum absolute atomic E-state index is 13.9. The SMILES string of the molecule is CNCc1c(F)cccc1N1CC2CCC(O)C2C1. The summed E-state index contributed by atoms with van der Waals surface area (Å²) in [5, 5.41) is 13.0. The van der Waals surface area contributed by atoms with E-state index in [9.17, 15) is 9.50 Å². The van der Waals surface area contributed by atoms with Crippen LogP contribution >= 0.6 is 0 Å². The van der Waals surface area contributed by atoms with Gasteiger partial charge in [-0.15, -0.1) is 0 Å². The Balaban J connectivity index is 1.85. The van der Waals surface area contributed by atoms with Crippen LogP contribution in [0.4, 0.5) is 10.1 Å². The van der Waals surface area contributed by atoms with Crippen LogP contribution in [-0.4, -0.2) is 31.3 Å². The van der Waals surface area contributed by atoms with Crippen LogP contribution in [0.3, 0.4) is 0 Å².